The van der Waals surface area contributed by atoms with E-state index in [9.17, 15) is 0 Å². The van der Waals surface area contributed by atoms with Crippen LogP contribution in [0.3, 0.4) is 0 Å². The van der Waals surface area contributed by atoms with Gasteiger partial charge in [0, 0.05) is 25.9 Å². The molecule has 2 saturated heterocycles. The Morgan fingerprint density at radius 1 is 1.20 bits per heavy atom. The monoisotopic (exact) mass is 282 g/mol. The van der Waals surface area contributed by atoms with E-state index in [2.05, 4.69) is 17.1 Å². The number of hydrogen-bond donors (Lipinski definition) is 1. The highest BCUT2D eigenvalue weighted by Crippen LogP contribution is 2.39. The first-order chi connectivity index (χ1) is 9.80. The van der Waals surface area contributed by atoms with Crippen LogP contribution in [0.5, 0.6) is 0 Å². The molecule has 2 unspecified atom stereocenters. The van der Waals surface area contributed by atoms with E-state index in [0.29, 0.717) is 0 Å². The normalized spacial score (nSPS) is 33.3. The maximum Gasteiger partial charge on any atom is 0.168 e. The number of rotatable bonds is 5. The highest BCUT2D eigenvalue weighted by atomic mass is 16.7. The number of piperidine rings is 1. The number of hydrogen-bond acceptors (Lipinski definition) is 4. The Morgan fingerprint density at radius 2 is 2.05 bits per heavy atom. The van der Waals surface area contributed by atoms with Crippen molar-refractivity contribution in [1.29, 1.82) is 0 Å². The van der Waals surface area contributed by atoms with Gasteiger partial charge in [-0.1, -0.05) is 6.92 Å². The summed E-state index contributed by atoms with van der Waals surface area (Å²) in [4.78, 5) is 2.56. The second-order valence-corrected chi connectivity index (χ2v) is 6.73. The third-order valence-electron chi connectivity index (χ3n) is 5.10. The Labute approximate surface area is 123 Å². The molecule has 3 fully saturated rings. The molecule has 0 aromatic rings. The van der Waals surface area contributed by atoms with E-state index in [-0.39, 0.29) is 11.9 Å². The first-order valence-electron chi connectivity index (χ1n) is 8.54. The van der Waals surface area contributed by atoms with Crippen LogP contribution in [-0.2, 0) is 9.47 Å². The molecule has 1 aliphatic carbocycles. The molecule has 3 aliphatic rings. The minimum atomic E-state index is -0.198. The molecule has 1 spiro atoms. The summed E-state index contributed by atoms with van der Waals surface area (Å²) in [7, 11) is 0. The molecule has 3 rings (SSSR count). The van der Waals surface area contributed by atoms with Crippen LogP contribution in [-0.4, -0.2) is 56.1 Å². The van der Waals surface area contributed by atoms with Crippen LogP contribution < -0.4 is 5.32 Å². The lowest BCUT2D eigenvalue weighted by Gasteiger charge is -2.31. The van der Waals surface area contributed by atoms with Crippen molar-refractivity contribution in [2.24, 2.45) is 5.92 Å². The largest absolute Gasteiger partial charge is 0.347 e. The zero-order chi connectivity index (χ0) is 13.8. The molecule has 4 nitrogen and oxygen atoms in total. The Balaban J connectivity index is 1.45. The summed E-state index contributed by atoms with van der Waals surface area (Å²) in [6.07, 6.45) is 7.70. The van der Waals surface area contributed by atoms with Crippen LogP contribution in [0.15, 0.2) is 0 Å². The maximum absolute atomic E-state index is 6.25. The topological polar surface area (TPSA) is 33.7 Å². The molecule has 2 atom stereocenters. The van der Waals surface area contributed by atoms with Crippen molar-refractivity contribution < 1.29 is 9.47 Å². The van der Waals surface area contributed by atoms with Gasteiger partial charge in [-0.25, -0.2) is 0 Å². The molecule has 116 valence electrons. The molecule has 0 bridgehead atoms. The number of likely N-dealkylation sites (N-methyl/N-ethyl adjacent to an activating group) is 1. The van der Waals surface area contributed by atoms with Gasteiger partial charge in [0.05, 0.1) is 12.7 Å². The first kappa shape index (κ1) is 14.8. The first-order valence-corrected chi connectivity index (χ1v) is 8.54. The van der Waals surface area contributed by atoms with Gasteiger partial charge in [0.25, 0.3) is 0 Å². The van der Waals surface area contributed by atoms with Gasteiger partial charge in [0.2, 0.25) is 0 Å². The van der Waals surface area contributed by atoms with Crippen molar-refractivity contribution in [2.75, 3.05) is 39.3 Å². The third-order valence-corrected chi connectivity index (χ3v) is 5.10. The molecule has 2 heterocycles. The van der Waals surface area contributed by atoms with Gasteiger partial charge in [-0.15, -0.1) is 0 Å². The maximum atomic E-state index is 6.25. The summed E-state index contributed by atoms with van der Waals surface area (Å²) in [6.45, 7) is 8.79. The minimum Gasteiger partial charge on any atom is -0.347 e. The molecule has 1 N–H and O–H groups in total. The van der Waals surface area contributed by atoms with Crippen LogP contribution in [0.25, 0.3) is 0 Å². The van der Waals surface area contributed by atoms with Gasteiger partial charge in [-0.05, 0) is 51.2 Å². The summed E-state index contributed by atoms with van der Waals surface area (Å²) >= 11 is 0. The molecular formula is C16H30N2O2. The number of ether oxygens (including phenoxy) is 2. The minimum absolute atomic E-state index is 0.198. The molecule has 0 aromatic carbocycles. The van der Waals surface area contributed by atoms with Crippen LogP contribution in [0, 0.1) is 5.92 Å². The van der Waals surface area contributed by atoms with Crippen LogP contribution in [0.4, 0.5) is 0 Å². The lowest BCUT2D eigenvalue weighted by molar-refractivity contribution is -0.163. The van der Waals surface area contributed by atoms with Crippen LogP contribution in [0.2, 0.25) is 0 Å². The summed E-state index contributed by atoms with van der Waals surface area (Å²) in [5, 5.41) is 3.51. The van der Waals surface area contributed by atoms with Gasteiger partial charge in [-0.2, -0.15) is 0 Å². The van der Waals surface area contributed by atoms with E-state index < -0.39 is 0 Å². The quantitative estimate of drug-likeness (QED) is 0.836. The molecule has 1 saturated carbocycles. The molecule has 4 heteroatoms. The van der Waals surface area contributed by atoms with E-state index in [0.717, 1.165) is 38.5 Å². The summed E-state index contributed by atoms with van der Waals surface area (Å²) in [6, 6.07) is 0. The Kier molecular flexibility index (Phi) is 4.97. The zero-order valence-electron chi connectivity index (χ0n) is 12.9. The fourth-order valence-corrected chi connectivity index (χ4v) is 3.95. The summed E-state index contributed by atoms with van der Waals surface area (Å²) < 4.78 is 12.2. The summed E-state index contributed by atoms with van der Waals surface area (Å²) in [5.41, 5.74) is 0. The highest BCUT2D eigenvalue weighted by molar-refractivity contribution is 4.85. The fraction of sp³-hybridized carbons (Fsp3) is 1.00. The second-order valence-electron chi connectivity index (χ2n) is 6.73. The van der Waals surface area contributed by atoms with Crippen LogP contribution in [0.1, 0.15) is 45.4 Å². The number of nitrogens with zero attached hydrogens (tertiary/aromatic N) is 1. The predicted molar refractivity (Wildman–Crippen MR) is 79.7 cm³/mol. The molecular weight excluding hydrogens is 252 g/mol. The van der Waals surface area contributed by atoms with Crippen molar-refractivity contribution in [3.63, 3.8) is 0 Å². The Morgan fingerprint density at radius 3 is 2.75 bits per heavy atom. The SMILES string of the molecule is CCN(CC1CCCNC1)CC1COC2(CCCC2)O1. The van der Waals surface area contributed by atoms with E-state index in [4.69, 9.17) is 9.47 Å². The molecule has 0 aromatic heterocycles. The molecule has 0 amide bonds. The average molecular weight is 282 g/mol. The van der Waals surface area contributed by atoms with E-state index in [1.54, 1.807) is 0 Å². The van der Waals surface area contributed by atoms with Crippen molar-refractivity contribution in [3.8, 4) is 0 Å². The van der Waals surface area contributed by atoms with Crippen molar-refractivity contribution in [1.82, 2.24) is 10.2 Å². The molecule has 0 radical (unpaired) electrons. The highest BCUT2D eigenvalue weighted by Gasteiger charge is 2.43. The zero-order valence-corrected chi connectivity index (χ0v) is 12.9. The predicted octanol–water partition coefficient (Wildman–Crippen LogP) is 1.99. The van der Waals surface area contributed by atoms with Gasteiger partial charge in [-0.3, -0.25) is 0 Å². The lowest BCUT2D eigenvalue weighted by Crippen LogP contribution is -2.42. The standard InChI is InChI=1S/C16H30N2O2/c1-2-18(11-14-6-5-9-17-10-14)12-15-13-19-16(20-15)7-3-4-8-16/h14-15,17H,2-13H2,1H3. The van der Waals surface area contributed by atoms with Crippen LogP contribution >= 0.6 is 0 Å². The van der Waals surface area contributed by atoms with E-state index in [1.807, 2.05) is 0 Å². The fourth-order valence-electron chi connectivity index (χ4n) is 3.95. The van der Waals surface area contributed by atoms with Gasteiger partial charge in [0.15, 0.2) is 5.79 Å². The summed E-state index contributed by atoms with van der Waals surface area (Å²) in [5.74, 6) is 0.614. The van der Waals surface area contributed by atoms with Crippen molar-refractivity contribution in [2.45, 2.75) is 57.3 Å². The van der Waals surface area contributed by atoms with E-state index >= 15 is 0 Å². The number of nitrogens with one attached hydrogen (secondary N) is 1. The third kappa shape index (κ3) is 3.53. The van der Waals surface area contributed by atoms with E-state index in [1.165, 1.54) is 45.3 Å². The molecule has 20 heavy (non-hydrogen) atoms. The molecule has 2 aliphatic heterocycles. The Bertz CT molecular complexity index is 299. The smallest absolute Gasteiger partial charge is 0.168 e. The average Bonchev–Trinajstić information content (AvgIpc) is 3.10. The van der Waals surface area contributed by atoms with Gasteiger partial charge in [0.1, 0.15) is 0 Å². The van der Waals surface area contributed by atoms with Crippen molar-refractivity contribution >= 4 is 0 Å². The Hall–Kier alpha value is -0.160. The second kappa shape index (κ2) is 6.73. The van der Waals surface area contributed by atoms with Crippen molar-refractivity contribution in [3.05, 3.63) is 0 Å². The van der Waals surface area contributed by atoms with Gasteiger partial charge >= 0.3 is 0 Å². The van der Waals surface area contributed by atoms with Gasteiger partial charge < -0.3 is 19.7 Å². The lowest BCUT2D eigenvalue weighted by atomic mass is 9.99.